The minimum atomic E-state index is -0.582. The molecule has 1 heterocycles. The molecule has 130 valence electrons. The largest absolute Gasteiger partial charge is 0.372 e. The van der Waals surface area contributed by atoms with E-state index in [1.54, 1.807) is 0 Å². The molecule has 0 saturated carbocycles. The molecule has 5 nitrogen and oxygen atoms in total. The number of benzene rings is 2. The van der Waals surface area contributed by atoms with E-state index in [2.05, 4.69) is 16.0 Å². The van der Waals surface area contributed by atoms with Crippen molar-refractivity contribution in [2.45, 2.75) is 40.2 Å². The maximum Gasteiger partial charge on any atom is 0.247 e. The number of carbonyl (C=O) groups is 2. The van der Waals surface area contributed by atoms with Crippen molar-refractivity contribution in [2.24, 2.45) is 0 Å². The zero-order valence-corrected chi connectivity index (χ0v) is 15.0. The molecule has 1 aliphatic heterocycles. The molecule has 25 heavy (non-hydrogen) atoms. The minimum absolute atomic E-state index is 0.0745. The van der Waals surface area contributed by atoms with Crippen molar-refractivity contribution in [3.63, 3.8) is 0 Å². The molecule has 2 aromatic rings. The van der Waals surface area contributed by atoms with Gasteiger partial charge in [0.2, 0.25) is 11.8 Å². The van der Waals surface area contributed by atoms with Gasteiger partial charge in [-0.1, -0.05) is 6.07 Å². The molecule has 1 aliphatic rings. The second-order valence-corrected chi connectivity index (χ2v) is 6.72. The summed E-state index contributed by atoms with van der Waals surface area (Å²) < 4.78 is 0. The number of anilines is 3. The maximum absolute atomic E-state index is 12.3. The van der Waals surface area contributed by atoms with Gasteiger partial charge in [-0.15, -0.1) is 0 Å². The number of rotatable bonds is 3. The highest BCUT2D eigenvalue weighted by Crippen LogP contribution is 2.30. The minimum Gasteiger partial charge on any atom is -0.372 e. The quantitative estimate of drug-likeness (QED) is 0.800. The van der Waals surface area contributed by atoms with Crippen LogP contribution in [0.2, 0.25) is 0 Å². The zero-order chi connectivity index (χ0) is 18.1. The number of aryl methyl sites for hydroxylation is 4. The van der Waals surface area contributed by atoms with Gasteiger partial charge in [0.05, 0.1) is 17.8 Å². The molecule has 0 radical (unpaired) electrons. The summed E-state index contributed by atoms with van der Waals surface area (Å²) in [5.41, 5.74) is 6.91. The Morgan fingerprint density at radius 2 is 1.60 bits per heavy atom. The Balaban J connectivity index is 1.69. The zero-order valence-electron chi connectivity index (χ0n) is 15.0. The lowest BCUT2D eigenvalue weighted by atomic mass is 10.0. The number of nitrogens with one attached hydrogen (secondary N) is 3. The van der Waals surface area contributed by atoms with Crippen LogP contribution >= 0.6 is 0 Å². The SMILES string of the molecule is Cc1ccc(NC(=O)CC2Nc3cc(C)c(C)cc3NC2=O)cc1C. The van der Waals surface area contributed by atoms with Crippen LogP contribution in [0.1, 0.15) is 28.7 Å². The Bertz CT molecular complexity index is 858. The Labute approximate surface area is 147 Å². The van der Waals surface area contributed by atoms with Gasteiger partial charge in [0.15, 0.2) is 0 Å². The van der Waals surface area contributed by atoms with Crippen molar-refractivity contribution >= 4 is 28.9 Å². The first-order chi connectivity index (χ1) is 11.8. The molecule has 2 amide bonds. The molecule has 3 N–H and O–H groups in total. The molecule has 0 spiro atoms. The Kier molecular flexibility index (Phi) is 4.49. The summed E-state index contributed by atoms with van der Waals surface area (Å²) in [6.07, 6.45) is 0.0745. The number of amides is 2. The summed E-state index contributed by atoms with van der Waals surface area (Å²) >= 11 is 0. The standard InChI is InChI=1S/C20H23N3O2/c1-11-5-6-15(7-12(11)2)21-19(24)10-18-20(25)23-17-9-14(4)13(3)8-16(17)22-18/h5-9,18,22H,10H2,1-4H3,(H,21,24)(H,23,25). The molecule has 0 bridgehead atoms. The van der Waals surface area contributed by atoms with E-state index < -0.39 is 6.04 Å². The van der Waals surface area contributed by atoms with Gasteiger partial charge in [0.25, 0.3) is 0 Å². The number of carbonyl (C=O) groups excluding carboxylic acids is 2. The lowest BCUT2D eigenvalue weighted by Crippen LogP contribution is -2.41. The average Bonchev–Trinajstić information content (AvgIpc) is 2.54. The van der Waals surface area contributed by atoms with Gasteiger partial charge >= 0.3 is 0 Å². The summed E-state index contributed by atoms with van der Waals surface area (Å²) in [7, 11) is 0. The normalized spacial score (nSPS) is 15.8. The topological polar surface area (TPSA) is 70.2 Å². The fourth-order valence-electron chi connectivity index (χ4n) is 2.87. The molecule has 0 aromatic heterocycles. The molecule has 5 heteroatoms. The highest BCUT2D eigenvalue weighted by molar-refractivity contribution is 6.06. The van der Waals surface area contributed by atoms with E-state index in [4.69, 9.17) is 0 Å². The van der Waals surface area contributed by atoms with Gasteiger partial charge in [0.1, 0.15) is 6.04 Å². The predicted octanol–water partition coefficient (Wildman–Crippen LogP) is 3.68. The first-order valence-corrected chi connectivity index (χ1v) is 8.39. The van der Waals surface area contributed by atoms with Gasteiger partial charge in [-0.05, 0) is 74.2 Å². The predicted molar refractivity (Wildman–Crippen MR) is 101 cm³/mol. The van der Waals surface area contributed by atoms with Crippen LogP contribution in [0.3, 0.4) is 0 Å². The van der Waals surface area contributed by atoms with Gasteiger partial charge in [-0.2, -0.15) is 0 Å². The van der Waals surface area contributed by atoms with E-state index in [0.717, 1.165) is 33.8 Å². The monoisotopic (exact) mass is 337 g/mol. The number of hydrogen-bond donors (Lipinski definition) is 3. The fourth-order valence-corrected chi connectivity index (χ4v) is 2.87. The van der Waals surface area contributed by atoms with E-state index in [9.17, 15) is 9.59 Å². The van der Waals surface area contributed by atoms with Crippen LogP contribution < -0.4 is 16.0 Å². The van der Waals surface area contributed by atoms with Crippen LogP contribution in [-0.4, -0.2) is 17.9 Å². The third-order valence-corrected chi connectivity index (χ3v) is 4.72. The molecule has 1 unspecified atom stereocenters. The average molecular weight is 337 g/mol. The summed E-state index contributed by atoms with van der Waals surface area (Å²) in [5, 5.41) is 8.92. The van der Waals surface area contributed by atoms with Gasteiger partial charge in [0, 0.05) is 5.69 Å². The second-order valence-electron chi connectivity index (χ2n) is 6.72. The summed E-state index contributed by atoms with van der Waals surface area (Å²) in [4.78, 5) is 24.6. The molecule has 0 aliphatic carbocycles. The van der Waals surface area contributed by atoms with Crippen molar-refractivity contribution in [1.29, 1.82) is 0 Å². The van der Waals surface area contributed by atoms with Crippen LogP contribution in [0.4, 0.5) is 17.1 Å². The first kappa shape index (κ1) is 17.0. The molecule has 2 aromatic carbocycles. The van der Waals surface area contributed by atoms with Crippen LogP contribution in [0.5, 0.6) is 0 Å². The Morgan fingerprint density at radius 3 is 2.28 bits per heavy atom. The summed E-state index contributed by atoms with van der Waals surface area (Å²) in [5.74, 6) is -0.380. The fraction of sp³-hybridized carbons (Fsp3) is 0.300. The van der Waals surface area contributed by atoms with Crippen LogP contribution in [0.15, 0.2) is 30.3 Å². The van der Waals surface area contributed by atoms with Crippen LogP contribution in [-0.2, 0) is 9.59 Å². The van der Waals surface area contributed by atoms with Crippen molar-refractivity contribution < 1.29 is 9.59 Å². The number of hydrogen-bond acceptors (Lipinski definition) is 3. The van der Waals surface area contributed by atoms with Crippen molar-refractivity contribution in [2.75, 3.05) is 16.0 Å². The first-order valence-electron chi connectivity index (χ1n) is 8.39. The van der Waals surface area contributed by atoms with E-state index in [0.29, 0.717) is 0 Å². The van der Waals surface area contributed by atoms with Gasteiger partial charge in [-0.25, -0.2) is 0 Å². The molecule has 1 atom stereocenters. The van der Waals surface area contributed by atoms with E-state index in [1.165, 1.54) is 5.56 Å². The third-order valence-electron chi connectivity index (χ3n) is 4.72. The van der Waals surface area contributed by atoms with E-state index >= 15 is 0 Å². The van der Waals surface area contributed by atoms with E-state index in [1.807, 2.05) is 58.0 Å². The number of fused-ring (bicyclic) bond motifs is 1. The third kappa shape index (κ3) is 3.65. The molecule has 3 rings (SSSR count). The van der Waals surface area contributed by atoms with Crippen molar-refractivity contribution in [1.82, 2.24) is 0 Å². The van der Waals surface area contributed by atoms with Crippen molar-refractivity contribution in [3.05, 3.63) is 52.6 Å². The second kappa shape index (κ2) is 6.59. The smallest absolute Gasteiger partial charge is 0.247 e. The lowest BCUT2D eigenvalue weighted by Gasteiger charge is -2.27. The maximum atomic E-state index is 12.3. The van der Waals surface area contributed by atoms with Gasteiger partial charge in [-0.3, -0.25) is 9.59 Å². The molecule has 0 fully saturated rings. The highest BCUT2D eigenvalue weighted by atomic mass is 16.2. The highest BCUT2D eigenvalue weighted by Gasteiger charge is 2.28. The summed E-state index contributed by atoms with van der Waals surface area (Å²) in [6.45, 7) is 8.06. The van der Waals surface area contributed by atoms with Crippen LogP contribution in [0.25, 0.3) is 0 Å². The Hall–Kier alpha value is -2.82. The van der Waals surface area contributed by atoms with Crippen LogP contribution in [0, 0.1) is 27.7 Å². The van der Waals surface area contributed by atoms with Crippen molar-refractivity contribution in [3.8, 4) is 0 Å². The molecular formula is C20H23N3O2. The lowest BCUT2D eigenvalue weighted by molar-refractivity contribution is -0.122. The van der Waals surface area contributed by atoms with E-state index in [-0.39, 0.29) is 18.2 Å². The Morgan fingerprint density at radius 1 is 0.960 bits per heavy atom. The molecular weight excluding hydrogens is 314 g/mol. The summed E-state index contributed by atoms with van der Waals surface area (Å²) in [6, 6.07) is 9.14. The van der Waals surface area contributed by atoms with Gasteiger partial charge < -0.3 is 16.0 Å². The molecule has 0 saturated heterocycles.